The largest absolute Gasteiger partial charge is 0.329 e. The quantitative estimate of drug-likeness (QED) is 0.786. The van der Waals surface area contributed by atoms with Gasteiger partial charge in [-0.25, -0.2) is 8.42 Å². The molecule has 0 saturated heterocycles. The van der Waals surface area contributed by atoms with Crippen molar-refractivity contribution in [3.05, 3.63) is 0 Å². The van der Waals surface area contributed by atoms with Crippen LogP contribution in [-0.4, -0.2) is 36.6 Å². The average molecular weight is 260 g/mol. The molecule has 0 amide bonds. The first-order valence-corrected chi connectivity index (χ1v) is 8.29. The number of sulfonamides is 1. The molecule has 100 valence electrons. The molecule has 2 N–H and O–H groups in total. The van der Waals surface area contributed by atoms with E-state index in [0.29, 0.717) is 13.1 Å². The molecule has 4 nitrogen and oxygen atoms in total. The molecular weight excluding hydrogens is 236 g/mol. The zero-order valence-electron chi connectivity index (χ0n) is 10.7. The Balaban J connectivity index is 2.26. The summed E-state index contributed by atoms with van der Waals surface area (Å²) in [5, 5.41) is -0.113. The van der Waals surface area contributed by atoms with Crippen LogP contribution in [-0.2, 0) is 10.0 Å². The molecule has 2 saturated carbocycles. The molecule has 2 aliphatic carbocycles. The second-order valence-corrected chi connectivity index (χ2v) is 7.59. The molecule has 0 aromatic rings. The summed E-state index contributed by atoms with van der Waals surface area (Å²) >= 11 is 0. The summed E-state index contributed by atoms with van der Waals surface area (Å²) in [5.74, 6) is 0. The smallest absolute Gasteiger partial charge is 0.217 e. The Morgan fingerprint density at radius 2 is 1.88 bits per heavy atom. The summed E-state index contributed by atoms with van der Waals surface area (Å²) in [5.41, 5.74) is 5.64. The number of rotatable bonds is 6. The normalized spacial score (nSPS) is 24.4. The van der Waals surface area contributed by atoms with Crippen LogP contribution in [0.1, 0.15) is 51.9 Å². The fraction of sp³-hybridized carbons (Fsp3) is 1.00. The summed E-state index contributed by atoms with van der Waals surface area (Å²) < 4.78 is 26.8. The Hall–Kier alpha value is -0.130. The molecule has 2 fully saturated rings. The van der Waals surface area contributed by atoms with Gasteiger partial charge < -0.3 is 5.73 Å². The van der Waals surface area contributed by atoms with Crippen molar-refractivity contribution in [2.75, 3.05) is 13.1 Å². The van der Waals surface area contributed by atoms with E-state index >= 15 is 0 Å². The molecule has 2 rings (SSSR count). The summed E-state index contributed by atoms with van der Waals surface area (Å²) in [6, 6.07) is 0. The second-order valence-electron chi connectivity index (χ2n) is 5.45. The van der Waals surface area contributed by atoms with Crippen LogP contribution >= 0.6 is 0 Å². The Kier molecular flexibility index (Phi) is 3.80. The zero-order chi connectivity index (χ0) is 12.5. The molecule has 17 heavy (non-hydrogen) atoms. The van der Waals surface area contributed by atoms with Gasteiger partial charge in [0, 0.05) is 18.6 Å². The fourth-order valence-corrected chi connectivity index (χ4v) is 5.30. The highest BCUT2D eigenvalue weighted by molar-refractivity contribution is 7.90. The molecule has 0 bridgehead atoms. The maximum Gasteiger partial charge on any atom is 0.217 e. The van der Waals surface area contributed by atoms with Gasteiger partial charge in [0.25, 0.3) is 0 Å². The Bertz CT molecular complexity index is 357. The molecule has 0 heterocycles. The van der Waals surface area contributed by atoms with Crippen molar-refractivity contribution in [2.45, 2.75) is 62.7 Å². The van der Waals surface area contributed by atoms with E-state index in [1.54, 1.807) is 4.31 Å². The number of hydrogen-bond acceptors (Lipinski definition) is 3. The highest BCUT2D eigenvalue weighted by atomic mass is 32.2. The Morgan fingerprint density at radius 3 is 2.29 bits per heavy atom. The highest BCUT2D eigenvalue weighted by Gasteiger charge is 2.49. The number of nitrogens with zero attached hydrogens (tertiary/aromatic N) is 1. The van der Waals surface area contributed by atoms with Crippen LogP contribution in [0.2, 0.25) is 0 Å². The minimum Gasteiger partial charge on any atom is -0.329 e. The van der Waals surface area contributed by atoms with Crippen molar-refractivity contribution in [1.82, 2.24) is 4.31 Å². The predicted octanol–water partition coefficient (Wildman–Crippen LogP) is 1.46. The lowest BCUT2D eigenvalue weighted by Crippen LogP contribution is -2.55. The Morgan fingerprint density at radius 1 is 1.29 bits per heavy atom. The summed E-state index contributed by atoms with van der Waals surface area (Å²) in [6.07, 6.45) is 6.64. The lowest BCUT2D eigenvalue weighted by molar-refractivity contribution is 0.197. The molecule has 5 heteroatoms. The lowest BCUT2D eigenvalue weighted by atomic mass is 9.98. The standard InChI is InChI=1S/C12H24N2O2S/c1-2-9-14(17(15,16)11-5-6-11)12(10-13)7-3-4-8-12/h11H,2-10,13H2,1H3. The minimum absolute atomic E-state index is 0.113. The first-order valence-electron chi connectivity index (χ1n) is 6.78. The molecule has 0 atom stereocenters. The van der Waals surface area contributed by atoms with Crippen LogP contribution in [0, 0.1) is 0 Å². The van der Waals surface area contributed by atoms with Crippen molar-refractivity contribution in [3.63, 3.8) is 0 Å². The third kappa shape index (κ3) is 2.37. The van der Waals surface area contributed by atoms with E-state index in [-0.39, 0.29) is 10.8 Å². The first-order chi connectivity index (χ1) is 8.07. The van der Waals surface area contributed by atoms with Gasteiger partial charge in [0.2, 0.25) is 10.0 Å². The van der Waals surface area contributed by atoms with Crippen molar-refractivity contribution >= 4 is 10.0 Å². The summed E-state index contributed by atoms with van der Waals surface area (Å²) in [4.78, 5) is 0. The van der Waals surface area contributed by atoms with E-state index < -0.39 is 10.0 Å². The zero-order valence-corrected chi connectivity index (χ0v) is 11.5. The minimum atomic E-state index is -3.09. The molecule has 0 aliphatic heterocycles. The number of hydrogen-bond donors (Lipinski definition) is 1. The van der Waals surface area contributed by atoms with E-state index in [1.165, 1.54) is 0 Å². The molecule has 0 radical (unpaired) electrons. The lowest BCUT2D eigenvalue weighted by Gasteiger charge is -2.39. The molecule has 2 aliphatic rings. The van der Waals surface area contributed by atoms with Crippen LogP contribution in [0.15, 0.2) is 0 Å². The van der Waals surface area contributed by atoms with Crippen LogP contribution in [0.25, 0.3) is 0 Å². The van der Waals surface area contributed by atoms with Crippen LogP contribution in [0.4, 0.5) is 0 Å². The number of nitrogens with two attached hydrogens (primary N) is 1. The molecular formula is C12H24N2O2S. The van der Waals surface area contributed by atoms with Gasteiger partial charge in [0.05, 0.1) is 5.25 Å². The van der Waals surface area contributed by atoms with Crippen LogP contribution in [0.5, 0.6) is 0 Å². The van der Waals surface area contributed by atoms with Gasteiger partial charge in [-0.1, -0.05) is 19.8 Å². The first kappa shape index (κ1) is 13.3. The van der Waals surface area contributed by atoms with E-state index in [1.807, 2.05) is 6.92 Å². The second kappa shape index (κ2) is 4.86. The molecule has 0 spiro atoms. The third-order valence-corrected chi connectivity index (χ3v) is 6.62. The van der Waals surface area contributed by atoms with Gasteiger partial charge in [-0.05, 0) is 32.1 Å². The van der Waals surface area contributed by atoms with Gasteiger partial charge in [0.15, 0.2) is 0 Å². The van der Waals surface area contributed by atoms with Gasteiger partial charge in [-0.3, -0.25) is 0 Å². The van der Waals surface area contributed by atoms with E-state index in [0.717, 1.165) is 44.9 Å². The maximum absolute atomic E-state index is 12.5. The predicted molar refractivity (Wildman–Crippen MR) is 69.2 cm³/mol. The van der Waals surface area contributed by atoms with E-state index in [9.17, 15) is 8.42 Å². The fourth-order valence-electron chi connectivity index (χ4n) is 2.97. The highest BCUT2D eigenvalue weighted by Crippen LogP contribution is 2.41. The van der Waals surface area contributed by atoms with Crippen LogP contribution in [0.3, 0.4) is 0 Å². The Labute approximate surface area is 105 Å². The monoisotopic (exact) mass is 260 g/mol. The van der Waals surface area contributed by atoms with Crippen molar-refractivity contribution in [1.29, 1.82) is 0 Å². The van der Waals surface area contributed by atoms with Crippen LogP contribution < -0.4 is 5.73 Å². The SMILES string of the molecule is CCCN(C1(CN)CCCC1)S(=O)(=O)C1CC1. The van der Waals surface area contributed by atoms with Gasteiger partial charge in [-0.15, -0.1) is 0 Å². The van der Waals surface area contributed by atoms with E-state index in [4.69, 9.17) is 5.73 Å². The maximum atomic E-state index is 12.5. The summed E-state index contributed by atoms with van der Waals surface area (Å²) in [6.45, 7) is 3.14. The topological polar surface area (TPSA) is 63.4 Å². The van der Waals surface area contributed by atoms with E-state index in [2.05, 4.69) is 0 Å². The molecule has 0 aromatic carbocycles. The molecule has 0 aromatic heterocycles. The summed E-state index contributed by atoms with van der Waals surface area (Å²) in [7, 11) is -3.09. The van der Waals surface area contributed by atoms with Crippen molar-refractivity contribution in [2.24, 2.45) is 5.73 Å². The van der Waals surface area contributed by atoms with Crippen molar-refractivity contribution < 1.29 is 8.42 Å². The molecule has 0 unspecified atom stereocenters. The van der Waals surface area contributed by atoms with Gasteiger partial charge in [-0.2, -0.15) is 4.31 Å². The average Bonchev–Trinajstić information content (AvgIpc) is 3.07. The van der Waals surface area contributed by atoms with Gasteiger partial charge in [0.1, 0.15) is 0 Å². The van der Waals surface area contributed by atoms with Gasteiger partial charge >= 0.3 is 0 Å². The third-order valence-electron chi connectivity index (χ3n) is 4.12. The van der Waals surface area contributed by atoms with Crippen molar-refractivity contribution in [3.8, 4) is 0 Å².